The zero-order valence-electron chi connectivity index (χ0n) is 11.0. The van der Waals surface area contributed by atoms with Crippen molar-refractivity contribution in [1.29, 1.82) is 0 Å². The summed E-state index contributed by atoms with van der Waals surface area (Å²) in [6, 6.07) is 5.08. The van der Waals surface area contributed by atoms with E-state index in [1.807, 2.05) is 19.1 Å². The highest BCUT2D eigenvalue weighted by molar-refractivity contribution is 6.42. The molecule has 1 heterocycles. The van der Waals surface area contributed by atoms with Crippen molar-refractivity contribution in [2.45, 2.75) is 13.0 Å². The molecule has 0 spiro atoms. The van der Waals surface area contributed by atoms with Gasteiger partial charge in [-0.3, -0.25) is 9.69 Å². The molecular formula is C13H15Cl2N3O2. The Bertz CT molecular complexity index is 520. The molecule has 0 unspecified atom stereocenters. The lowest BCUT2D eigenvalue weighted by molar-refractivity contribution is -0.124. The normalized spacial score (nSPS) is 16.4. The third kappa shape index (κ3) is 3.23. The Kier molecular flexibility index (Phi) is 4.86. The molecule has 1 aliphatic rings. The maximum absolute atomic E-state index is 11.4. The number of nitrogens with zero attached hydrogens (tertiary/aromatic N) is 1. The van der Waals surface area contributed by atoms with Gasteiger partial charge < -0.3 is 10.6 Å². The first kappa shape index (κ1) is 15.1. The van der Waals surface area contributed by atoms with Crippen LogP contribution < -0.4 is 10.6 Å². The minimum absolute atomic E-state index is 0.0260. The van der Waals surface area contributed by atoms with E-state index in [0.29, 0.717) is 23.1 Å². The first-order valence-electron chi connectivity index (χ1n) is 6.26. The Hall–Kier alpha value is -1.30. The van der Waals surface area contributed by atoms with Gasteiger partial charge >= 0.3 is 6.03 Å². The van der Waals surface area contributed by atoms with Crippen LogP contribution in [-0.2, 0) is 4.79 Å². The van der Waals surface area contributed by atoms with Crippen LogP contribution in [0.25, 0.3) is 0 Å². The Morgan fingerprint density at radius 1 is 1.40 bits per heavy atom. The molecule has 2 N–H and O–H groups in total. The van der Waals surface area contributed by atoms with E-state index in [1.54, 1.807) is 6.07 Å². The van der Waals surface area contributed by atoms with Crippen molar-refractivity contribution in [3.8, 4) is 0 Å². The van der Waals surface area contributed by atoms with Gasteiger partial charge in [-0.1, -0.05) is 35.3 Å². The molecule has 1 aromatic rings. The van der Waals surface area contributed by atoms with Gasteiger partial charge in [-0.25, -0.2) is 4.79 Å². The minimum Gasteiger partial charge on any atom is -0.329 e. The fraction of sp³-hybridized carbons (Fsp3) is 0.385. The lowest BCUT2D eigenvalue weighted by Crippen LogP contribution is -2.37. The van der Waals surface area contributed by atoms with Crippen LogP contribution in [0.15, 0.2) is 18.2 Å². The number of benzene rings is 1. The van der Waals surface area contributed by atoms with E-state index in [-0.39, 0.29) is 24.5 Å². The van der Waals surface area contributed by atoms with E-state index in [4.69, 9.17) is 23.2 Å². The number of carbonyl (C=O) groups is 2. The Morgan fingerprint density at radius 3 is 2.80 bits per heavy atom. The molecule has 2 rings (SSSR count). The smallest absolute Gasteiger partial charge is 0.324 e. The van der Waals surface area contributed by atoms with Crippen molar-refractivity contribution in [3.63, 3.8) is 0 Å². The predicted octanol–water partition coefficient (Wildman–Crippen LogP) is 2.20. The zero-order chi connectivity index (χ0) is 14.7. The number of hydrogen-bond donors (Lipinski definition) is 2. The van der Waals surface area contributed by atoms with Gasteiger partial charge in [0.1, 0.15) is 0 Å². The van der Waals surface area contributed by atoms with Gasteiger partial charge in [0.05, 0.1) is 16.6 Å². The van der Waals surface area contributed by atoms with E-state index in [9.17, 15) is 9.59 Å². The third-order valence-electron chi connectivity index (χ3n) is 3.17. The van der Waals surface area contributed by atoms with Gasteiger partial charge in [0, 0.05) is 19.1 Å². The van der Waals surface area contributed by atoms with Gasteiger partial charge in [-0.2, -0.15) is 0 Å². The highest BCUT2D eigenvalue weighted by Crippen LogP contribution is 2.29. The third-order valence-corrected chi connectivity index (χ3v) is 4.00. The van der Waals surface area contributed by atoms with Crippen molar-refractivity contribution in [2.75, 3.05) is 19.6 Å². The van der Waals surface area contributed by atoms with Crippen molar-refractivity contribution in [3.05, 3.63) is 33.8 Å². The van der Waals surface area contributed by atoms with Gasteiger partial charge in [0.15, 0.2) is 0 Å². The Labute approximate surface area is 127 Å². The van der Waals surface area contributed by atoms with Gasteiger partial charge in [-0.15, -0.1) is 0 Å². The number of amides is 3. The van der Waals surface area contributed by atoms with Crippen LogP contribution in [0.1, 0.15) is 18.5 Å². The molecule has 0 radical (unpaired) electrons. The number of halogens is 2. The highest BCUT2D eigenvalue weighted by atomic mass is 35.5. The summed E-state index contributed by atoms with van der Waals surface area (Å²) < 4.78 is 0. The average Bonchev–Trinajstić information content (AvgIpc) is 2.73. The second kappa shape index (κ2) is 6.43. The average molecular weight is 316 g/mol. The fourth-order valence-electron chi connectivity index (χ4n) is 2.04. The molecule has 1 atom stereocenters. The van der Waals surface area contributed by atoms with Crippen LogP contribution in [0.5, 0.6) is 0 Å². The number of rotatable bonds is 5. The summed E-state index contributed by atoms with van der Waals surface area (Å²) >= 11 is 12.1. The van der Waals surface area contributed by atoms with Crippen LogP contribution >= 0.6 is 23.2 Å². The van der Waals surface area contributed by atoms with Crippen LogP contribution in [0.2, 0.25) is 10.0 Å². The molecule has 108 valence electrons. The molecule has 1 fully saturated rings. The van der Waals surface area contributed by atoms with Crippen LogP contribution in [0.3, 0.4) is 0 Å². The van der Waals surface area contributed by atoms with Crippen molar-refractivity contribution >= 4 is 35.1 Å². The Morgan fingerprint density at radius 2 is 2.15 bits per heavy atom. The molecule has 0 aromatic heterocycles. The molecule has 0 saturated carbocycles. The van der Waals surface area contributed by atoms with Crippen LogP contribution in [0, 0.1) is 0 Å². The van der Waals surface area contributed by atoms with Gasteiger partial charge in [0.25, 0.3) is 0 Å². The molecule has 20 heavy (non-hydrogen) atoms. The lowest BCUT2D eigenvalue weighted by Gasteiger charge is -2.18. The van der Waals surface area contributed by atoms with E-state index >= 15 is 0 Å². The summed E-state index contributed by atoms with van der Waals surface area (Å²) in [7, 11) is 0. The topological polar surface area (TPSA) is 61.4 Å². The van der Waals surface area contributed by atoms with E-state index in [1.165, 1.54) is 4.90 Å². The first-order valence-corrected chi connectivity index (χ1v) is 7.01. The summed E-state index contributed by atoms with van der Waals surface area (Å²) in [6.45, 7) is 2.84. The van der Waals surface area contributed by atoms with Crippen molar-refractivity contribution in [2.24, 2.45) is 0 Å². The summed E-state index contributed by atoms with van der Waals surface area (Å²) in [5.74, 6) is -0.203. The summed E-state index contributed by atoms with van der Waals surface area (Å²) in [5, 5.41) is 6.72. The highest BCUT2D eigenvalue weighted by Gasteiger charge is 2.27. The lowest BCUT2D eigenvalue weighted by atomic mass is 10.1. The fourth-order valence-corrected chi connectivity index (χ4v) is 2.51. The summed E-state index contributed by atoms with van der Waals surface area (Å²) in [4.78, 5) is 24.0. The molecule has 5 nitrogen and oxygen atoms in total. The minimum atomic E-state index is -0.342. The predicted molar refractivity (Wildman–Crippen MR) is 78.0 cm³/mol. The number of urea groups is 1. The number of nitrogens with one attached hydrogen (secondary N) is 2. The van der Waals surface area contributed by atoms with Crippen molar-refractivity contribution in [1.82, 2.24) is 15.5 Å². The summed E-state index contributed by atoms with van der Waals surface area (Å²) in [5.41, 5.74) is 0.886. The Balaban J connectivity index is 1.89. The first-order chi connectivity index (χ1) is 9.50. The molecule has 0 bridgehead atoms. The van der Waals surface area contributed by atoms with Crippen molar-refractivity contribution < 1.29 is 9.59 Å². The standard InChI is InChI=1S/C13H15Cl2N3O2/c1-8(9-3-2-4-10(14)12(9)15)16-5-6-18-11(19)7-17-13(18)20/h2-4,8,16H,5-7H2,1H3,(H,17,20)/t8-/m0/s1. The summed E-state index contributed by atoms with van der Waals surface area (Å²) in [6.07, 6.45) is 0. The zero-order valence-corrected chi connectivity index (χ0v) is 12.5. The van der Waals surface area contributed by atoms with Gasteiger partial charge in [0.2, 0.25) is 5.91 Å². The van der Waals surface area contributed by atoms with E-state index in [2.05, 4.69) is 10.6 Å². The quantitative estimate of drug-likeness (QED) is 0.819. The number of carbonyl (C=O) groups excluding carboxylic acids is 2. The number of hydrogen-bond acceptors (Lipinski definition) is 3. The molecular weight excluding hydrogens is 301 g/mol. The van der Waals surface area contributed by atoms with E-state index in [0.717, 1.165) is 5.56 Å². The van der Waals surface area contributed by atoms with E-state index < -0.39 is 0 Å². The maximum atomic E-state index is 11.4. The largest absolute Gasteiger partial charge is 0.329 e. The molecule has 1 saturated heterocycles. The van der Waals surface area contributed by atoms with Gasteiger partial charge in [-0.05, 0) is 18.6 Å². The second-order valence-electron chi connectivity index (χ2n) is 4.52. The number of imide groups is 1. The molecule has 1 aromatic carbocycles. The van der Waals surface area contributed by atoms with Crippen LogP contribution in [0.4, 0.5) is 4.79 Å². The SMILES string of the molecule is C[C@H](NCCN1C(=O)CNC1=O)c1cccc(Cl)c1Cl. The second-order valence-corrected chi connectivity index (χ2v) is 5.31. The van der Waals surface area contributed by atoms with Crippen LogP contribution in [-0.4, -0.2) is 36.5 Å². The monoisotopic (exact) mass is 315 g/mol. The molecule has 3 amide bonds. The molecule has 1 aliphatic heterocycles. The molecule has 7 heteroatoms. The maximum Gasteiger partial charge on any atom is 0.324 e. The molecule has 0 aliphatic carbocycles.